The Morgan fingerprint density at radius 3 is 2.68 bits per heavy atom. The van der Waals surface area contributed by atoms with Gasteiger partial charge in [-0.15, -0.1) is 11.3 Å². The molecular formula is C12H15BrN2O3S. The molecule has 1 aliphatic carbocycles. The lowest BCUT2D eigenvalue weighted by Gasteiger charge is -2.39. The number of amides is 2. The first-order valence-electron chi connectivity index (χ1n) is 5.92. The van der Waals surface area contributed by atoms with Crippen molar-refractivity contribution in [1.82, 2.24) is 10.2 Å². The summed E-state index contributed by atoms with van der Waals surface area (Å²) in [7, 11) is 1.66. The van der Waals surface area contributed by atoms with E-state index < -0.39 is 11.5 Å². The summed E-state index contributed by atoms with van der Waals surface area (Å²) in [5.74, 6) is -0.945. The van der Waals surface area contributed by atoms with Gasteiger partial charge in [-0.3, -0.25) is 0 Å². The molecule has 0 aromatic carbocycles. The highest BCUT2D eigenvalue weighted by atomic mass is 79.9. The highest BCUT2D eigenvalue weighted by Crippen LogP contribution is 2.32. The fraction of sp³-hybridized carbons (Fsp3) is 0.500. The van der Waals surface area contributed by atoms with E-state index >= 15 is 0 Å². The largest absolute Gasteiger partial charge is 0.480 e. The maximum Gasteiger partial charge on any atom is 0.329 e. The van der Waals surface area contributed by atoms with E-state index in [-0.39, 0.29) is 6.03 Å². The van der Waals surface area contributed by atoms with Crippen LogP contribution >= 0.6 is 27.3 Å². The quantitative estimate of drug-likeness (QED) is 0.880. The lowest BCUT2D eigenvalue weighted by molar-refractivity contribution is -0.148. The zero-order valence-corrected chi connectivity index (χ0v) is 12.9. The number of rotatable bonds is 4. The highest BCUT2D eigenvalue weighted by Gasteiger charge is 2.46. The Morgan fingerprint density at radius 2 is 2.26 bits per heavy atom. The molecule has 1 aromatic rings. The van der Waals surface area contributed by atoms with Crippen molar-refractivity contribution in [1.29, 1.82) is 0 Å². The standard InChI is InChI=1S/C12H15BrN2O3S/c1-15(6-9-5-8(13)7-19-9)11(18)14-12(10(16)17)3-2-4-12/h5,7H,2-4,6H2,1H3,(H,14,18)(H,16,17). The molecule has 2 rings (SSSR count). The summed E-state index contributed by atoms with van der Waals surface area (Å²) in [6.07, 6.45) is 1.85. The maximum absolute atomic E-state index is 12.0. The molecule has 0 unspecified atom stereocenters. The molecule has 2 N–H and O–H groups in total. The number of carboxylic acid groups (broad SMARTS) is 1. The third kappa shape index (κ3) is 3.09. The summed E-state index contributed by atoms with van der Waals surface area (Å²) < 4.78 is 0.988. The normalized spacial score (nSPS) is 16.5. The second-order valence-electron chi connectivity index (χ2n) is 4.76. The Bertz CT molecular complexity index is 499. The van der Waals surface area contributed by atoms with Gasteiger partial charge in [0.15, 0.2) is 0 Å². The number of hydrogen-bond donors (Lipinski definition) is 2. The van der Waals surface area contributed by atoms with E-state index in [0.717, 1.165) is 15.8 Å². The van der Waals surface area contributed by atoms with Crippen LogP contribution in [0.5, 0.6) is 0 Å². The fourth-order valence-corrected chi connectivity index (χ4v) is 3.47. The average molecular weight is 347 g/mol. The predicted molar refractivity (Wildman–Crippen MR) is 76.2 cm³/mol. The van der Waals surface area contributed by atoms with Gasteiger partial charge in [-0.05, 0) is 41.3 Å². The van der Waals surface area contributed by atoms with Crippen molar-refractivity contribution in [3.8, 4) is 0 Å². The number of carboxylic acids is 1. The van der Waals surface area contributed by atoms with E-state index in [1.165, 1.54) is 4.90 Å². The van der Waals surface area contributed by atoms with Gasteiger partial charge in [-0.1, -0.05) is 0 Å². The molecule has 1 saturated carbocycles. The second-order valence-corrected chi connectivity index (χ2v) is 6.67. The minimum absolute atomic E-state index is 0.341. The molecule has 0 saturated heterocycles. The zero-order chi connectivity index (χ0) is 14.0. The van der Waals surface area contributed by atoms with E-state index in [0.29, 0.717) is 19.4 Å². The van der Waals surface area contributed by atoms with Crippen LogP contribution in [-0.2, 0) is 11.3 Å². The third-order valence-electron chi connectivity index (χ3n) is 3.32. The second kappa shape index (κ2) is 5.50. The van der Waals surface area contributed by atoms with Gasteiger partial charge in [-0.2, -0.15) is 0 Å². The van der Waals surface area contributed by atoms with E-state index in [1.807, 2.05) is 11.4 Å². The molecule has 0 bridgehead atoms. The Balaban J connectivity index is 1.94. The van der Waals surface area contributed by atoms with Crippen LogP contribution in [0.25, 0.3) is 0 Å². The van der Waals surface area contributed by atoms with Crippen molar-refractivity contribution >= 4 is 39.3 Å². The molecule has 7 heteroatoms. The predicted octanol–water partition coefficient (Wildman–Crippen LogP) is 2.66. The number of hydrogen-bond acceptors (Lipinski definition) is 3. The number of urea groups is 1. The van der Waals surface area contributed by atoms with Gasteiger partial charge in [0.2, 0.25) is 0 Å². The molecule has 1 aromatic heterocycles. The molecule has 19 heavy (non-hydrogen) atoms. The number of halogens is 1. The van der Waals surface area contributed by atoms with Gasteiger partial charge in [0.25, 0.3) is 0 Å². The smallest absolute Gasteiger partial charge is 0.329 e. The third-order valence-corrected chi connectivity index (χ3v) is 5.01. The first kappa shape index (κ1) is 14.3. The monoisotopic (exact) mass is 346 g/mol. The SMILES string of the molecule is CN(Cc1cc(Br)cs1)C(=O)NC1(C(=O)O)CCC1. The van der Waals surface area contributed by atoms with Crippen LogP contribution in [0.2, 0.25) is 0 Å². The summed E-state index contributed by atoms with van der Waals surface area (Å²) in [5.41, 5.74) is -1.05. The maximum atomic E-state index is 12.0. The Kier molecular flexibility index (Phi) is 4.15. The first-order valence-corrected chi connectivity index (χ1v) is 7.60. The first-order chi connectivity index (χ1) is 8.93. The molecule has 2 amide bonds. The molecule has 1 heterocycles. The van der Waals surface area contributed by atoms with Crippen molar-refractivity contribution in [2.45, 2.75) is 31.3 Å². The summed E-state index contributed by atoms with van der Waals surface area (Å²) in [5, 5.41) is 13.8. The summed E-state index contributed by atoms with van der Waals surface area (Å²) in [6, 6.07) is 1.61. The highest BCUT2D eigenvalue weighted by molar-refractivity contribution is 9.10. The van der Waals surface area contributed by atoms with E-state index in [2.05, 4.69) is 21.2 Å². The Morgan fingerprint density at radius 1 is 1.58 bits per heavy atom. The van der Waals surface area contributed by atoms with Crippen LogP contribution in [0.3, 0.4) is 0 Å². The number of aliphatic carboxylic acids is 1. The van der Waals surface area contributed by atoms with Gasteiger partial charge in [0.1, 0.15) is 5.54 Å². The van der Waals surface area contributed by atoms with Gasteiger partial charge < -0.3 is 15.3 Å². The molecule has 0 atom stereocenters. The van der Waals surface area contributed by atoms with Crippen molar-refractivity contribution in [2.75, 3.05) is 7.05 Å². The van der Waals surface area contributed by atoms with E-state index in [4.69, 9.17) is 0 Å². The molecule has 0 spiro atoms. The van der Waals surface area contributed by atoms with Crippen LogP contribution in [0.1, 0.15) is 24.1 Å². The Labute approximate surface area is 123 Å². The molecule has 0 radical (unpaired) electrons. The van der Waals surface area contributed by atoms with Crippen LogP contribution in [0.15, 0.2) is 15.9 Å². The number of carbonyl (C=O) groups excluding carboxylic acids is 1. The molecule has 5 nitrogen and oxygen atoms in total. The number of nitrogens with one attached hydrogen (secondary N) is 1. The topological polar surface area (TPSA) is 69.6 Å². The lowest BCUT2D eigenvalue weighted by Crippen LogP contribution is -2.61. The average Bonchev–Trinajstić information content (AvgIpc) is 2.68. The van der Waals surface area contributed by atoms with Gasteiger partial charge >= 0.3 is 12.0 Å². The Hall–Kier alpha value is -1.08. The van der Waals surface area contributed by atoms with Gasteiger partial charge in [0.05, 0.1) is 6.54 Å². The lowest BCUT2D eigenvalue weighted by atomic mass is 9.77. The number of nitrogens with zero attached hydrogens (tertiary/aromatic N) is 1. The van der Waals surface area contributed by atoms with E-state index in [1.54, 1.807) is 18.4 Å². The van der Waals surface area contributed by atoms with Crippen LogP contribution in [-0.4, -0.2) is 34.6 Å². The fourth-order valence-electron chi connectivity index (χ4n) is 1.97. The molecule has 0 aliphatic heterocycles. The minimum Gasteiger partial charge on any atom is -0.480 e. The van der Waals surface area contributed by atoms with Crippen molar-refractivity contribution in [3.05, 3.63) is 20.8 Å². The minimum atomic E-state index is -1.05. The van der Waals surface area contributed by atoms with Crippen molar-refractivity contribution < 1.29 is 14.7 Å². The summed E-state index contributed by atoms with van der Waals surface area (Å²) >= 11 is 4.92. The summed E-state index contributed by atoms with van der Waals surface area (Å²) in [6.45, 7) is 0.470. The van der Waals surface area contributed by atoms with Crippen molar-refractivity contribution in [2.24, 2.45) is 0 Å². The molecule has 1 aliphatic rings. The van der Waals surface area contributed by atoms with Crippen LogP contribution in [0.4, 0.5) is 4.79 Å². The molecule has 1 fully saturated rings. The van der Waals surface area contributed by atoms with Crippen molar-refractivity contribution in [3.63, 3.8) is 0 Å². The number of thiophene rings is 1. The summed E-state index contributed by atoms with van der Waals surface area (Å²) in [4.78, 5) is 25.7. The van der Waals surface area contributed by atoms with Gasteiger partial charge in [-0.25, -0.2) is 9.59 Å². The van der Waals surface area contributed by atoms with Crippen LogP contribution in [0, 0.1) is 0 Å². The molecule has 104 valence electrons. The molecular weight excluding hydrogens is 332 g/mol. The zero-order valence-electron chi connectivity index (χ0n) is 10.5. The number of carbonyl (C=O) groups is 2. The van der Waals surface area contributed by atoms with Gasteiger partial charge in [0, 0.05) is 21.8 Å². The van der Waals surface area contributed by atoms with Crippen LogP contribution < -0.4 is 5.32 Å². The van der Waals surface area contributed by atoms with E-state index in [9.17, 15) is 14.7 Å².